The summed E-state index contributed by atoms with van der Waals surface area (Å²) in [6.07, 6.45) is 3.16. The van der Waals surface area contributed by atoms with Gasteiger partial charge in [-0.2, -0.15) is 0 Å². The fourth-order valence-corrected chi connectivity index (χ4v) is 4.93. The molecule has 166 valence electrons. The van der Waals surface area contributed by atoms with Gasteiger partial charge in [-0.1, -0.05) is 11.3 Å². The third kappa shape index (κ3) is 4.73. The second kappa shape index (κ2) is 9.51. The second-order valence-corrected chi connectivity index (χ2v) is 8.63. The molecule has 1 atom stereocenters. The van der Waals surface area contributed by atoms with Crippen LogP contribution in [0.25, 0.3) is 0 Å². The number of aromatic nitrogens is 2. The van der Waals surface area contributed by atoms with Crippen LogP contribution >= 0.6 is 11.3 Å². The first kappa shape index (κ1) is 21.4. The highest BCUT2D eigenvalue weighted by Gasteiger charge is 2.30. The molecule has 3 heterocycles. The molecule has 0 unspecified atom stereocenters. The molecular formula is C21H27N5O4S. The van der Waals surface area contributed by atoms with Crippen molar-refractivity contribution in [3.05, 3.63) is 23.8 Å². The van der Waals surface area contributed by atoms with Crippen molar-refractivity contribution in [3.63, 3.8) is 0 Å². The number of benzene rings is 1. The predicted octanol–water partition coefficient (Wildman–Crippen LogP) is 2.21. The maximum absolute atomic E-state index is 12.9. The van der Waals surface area contributed by atoms with Gasteiger partial charge in [0, 0.05) is 38.2 Å². The molecule has 2 aromatic rings. The summed E-state index contributed by atoms with van der Waals surface area (Å²) < 4.78 is 10.7. The Labute approximate surface area is 185 Å². The second-order valence-electron chi connectivity index (χ2n) is 7.70. The normalized spacial score (nSPS) is 18.9. The standard InChI is InChI=1S/C21H27N5O4S/c1-29-16-7-8-17(30-2)15(11-16)12-22-19(28)14-5-3-9-25(13-14)20-23-24-21(31-20)26-10-4-6-18(26)27/h7-8,11,14H,3-6,9-10,12-13H2,1-2H3,(H,22,28)/t14-/m0/s1. The first-order valence-electron chi connectivity index (χ1n) is 10.5. The zero-order valence-corrected chi connectivity index (χ0v) is 18.6. The van der Waals surface area contributed by atoms with Crippen molar-refractivity contribution in [1.82, 2.24) is 15.5 Å². The summed E-state index contributed by atoms with van der Waals surface area (Å²) >= 11 is 1.42. The highest BCUT2D eigenvalue weighted by atomic mass is 32.1. The van der Waals surface area contributed by atoms with Gasteiger partial charge in [-0.15, -0.1) is 10.2 Å². The quantitative estimate of drug-likeness (QED) is 0.698. The van der Waals surface area contributed by atoms with Gasteiger partial charge in [0.2, 0.25) is 22.1 Å². The highest BCUT2D eigenvalue weighted by molar-refractivity contribution is 7.19. The number of hydrogen-bond acceptors (Lipinski definition) is 8. The summed E-state index contributed by atoms with van der Waals surface area (Å²) in [6, 6.07) is 5.53. The Kier molecular flexibility index (Phi) is 6.55. The third-order valence-electron chi connectivity index (χ3n) is 5.71. The molecule has 1 aromatic heterocycles. The third-order valence-corrected chi connectivity index (χ3v) is 6.72. The van der Waals surface area contributed by atoms with Crippen molar-refractivity contribution < 1.29 is 19.1 Å². The van der Waals surface area contributed by atoms with Crippen molar-refractivity contribution >= 4 is 33.4 Å². The van der Waals surface area contributed by atoms with Crippen LogP contribution in [0.1, 0.15) is 31.2 Å². The van der Waals surface area contributed by atoms with Crippen molar-refractivity contribution in [3.8, 4) is 11.5 Å². The molecular weight excluding hydrogens is 418 g/mol. The van der Waals surface area contributed by atoms with Gasteiger partial charge in [0.15, 0.2) is 0 Å². The monoisotopic (exact) mass is 445 g/mol. The summed E-state index contributed by atoms with van der Waals surface area (Å²) in [5.41, 5.74) is 0.868. The Hall–Kier alpha value is -2.88. The van der Waals surface area contributed by atoms with E-state index in [1.165, 1.54) is 11.3 Å². The van der Waals surface area contributed by atoms with Crippen LogP contribution in [-0.4, -0.2) is 55.9 Å². The van der Waals surface area contributed by atoms with Crippen LogP contribution in [0.4, 0.5) is 10.3 Å². The van der Waals surface area contributed by atoms with Crippen LogP contribution in [0.2, 0.25) is 0 Å². The van der Waals surface area contributed by atoms with E-state index in [1.54, 1.807) is 19.1 Å². The number of methoxy groups -OCH3 is 2. The van der Waals surface area contributed by atoms with Gasteiger partial charge in [-0.05, 0) is 37.5 Å². The number of ether oxygens (including phenoxy) is 2. The van der Waals surface area contributed by atoms with Crippen LogP contribution in [0.5, 0.6) is 11.5 Å². The van der Waals surface area contributed by atoms with Crippen LogP contribution < -0.4 is 24.6 Å². The average molecular weight is 446 g/mol. The number of nitrogens with zero attached hydrogens (tertiary/aromatic N) is 4. The molecule has 0 aliphatic carbocycles. The average Bonchev–Trinajstić information content (AvgIpc) is 3.46. The summed E-state index contributed by atoms with van der Waals surface area (Å²) in [7, 11) is 3.22. The van der Waals surface area contributed by atoms with Gasteiger partial charge < -0.3 is 19.7 Å². The topological polar surface area (TPSA) is 96.9 Å². The molecule has 9 nitrogen and oxygen atoms in total. The number of hydrogen-bond donors (Lipinski definition) is 1. The van der Waals surface area contributed by atoms with E-state index in [-0.39, 0.29) is 17.7 Å². The lowest BCUT2D eigenvalue weighted by atomic mass is 9.97. The molecule has 1 N–H and O–H groups in total. The summed E-state index contributed by atoms with van der Waals surface area (Å²) in [6.45, 7) is 2.49. The maximum atomic E-state index is 12.9. The van der Waals surface area contributed by atoms with Crippen LogP contribution in [0.15, 0.2) is 18.2 Å². The molecule has 0 radical (unpaired) electrons. The maximum Gasteiger partial charge on any atom is 0.228 e. The van der Waals surface area contributed by atoms with E-state index in [2.05, 4.69) is 20.4 Å². The van der Waals surface area contributed by atoms with Gasteiger partial charge >= 0.3 is 0 Å². The molecule has 31 heavy (non-hydrogen) atoms. The summed E-state index contributed by atoms with van der Waals surface area (Å²) in [5, 5.41) is 12.9. The fourth-order valence-electron chi connectivity index (χ4n) is 4.01. The van der Waals surface area contributed by atoms with Gasteiger partial charge in [0.25, 0.3) is 0 Å². The van der Waals surface area contributed by atoms with Crippen molar-refractivity contribution in [1.29, 1.82) is 0 Å². The number of carbonyl (C=O) groups is 2. The van der Waals surface area contributed by atoms with E-state index in [0.717, 1.165) is 42.3 Å². The molecule has 1 aromatic carbocycles. The molecule has 0 saturated carbocycles. The van der Waals surface area contributed by atoms with Crippen LogP contribution in [0, 0.1) is 5.92 Å². The smallest absolute Gasteiger partial charge is 0.228 e. The summed E-state index contributed by atoms with van der Waals surface area (Å²) in [5.74, 6) is 1.41. The van der Waals surface area contributed by atoms with Crippen molar-refractivity contribution in [2.45, 2.75) is 32.2 Å². The minimum Gasteiger partial charge on any atom is -0.497 e. The number of anilines is 2. The Morgan fingerprint density at radius 2 is 2.03 bits per heavy atom. The van der Waals surface area contributed by atoms with E-state index in [1.807, 2.05) is 18.2 Å². The van der Waals surface area contributed by atoms with E-state index in [9.17, 15) is 9.59 Å². The Bertz CT molecular complexity index is 950. The molecule has 2 saturated heterocycles. The molecule has 0 spiro atoms. The predicted molar refractivity (Wildman–Crippen MR) is 118 cm³/mol. The zero-order valence-electron chi connectivity index (χ0n) is 17.8. The van der Waals surface area contributed by atoms with Gasteiger partial charge in [-0.3, -0.25) is 14.5 Å². The van der Waals surface area contributed by atoms with E-state index in [0.29, 0.717) is 36.9 Å². The molecule has 4 rings (SSSR count). The van der Waals surface area contributed by atoms with Crippen LogP contribution in [0.3, 0.4) is 0 Å². The van der Waals surface area contributed by atoms with E-state index in [4.69, 9.17) is 9.47 Å². The van der Waals surface area contributed by atoms with Crippen LogP contribution in [-0.2, 0) is 16.1 Å². The number of carbonyl (C=O) groups excluding carboxylic acids is 2. The molecule has 10 heteroatoms. The number of amides is 2. The Balaban J connectivity index is 1.37. The van der Waals surface area contributed by atoms with Gasteiger partial charge in [0.1, 0.15) is 11.5 Å². The first-order valence-corrected chi connectivity index (χ1v) is 11.3. The lowest BCUT2D eigenvalue weighted by Gasteiger charge is -2.31. The van der Waals surface area contributed by atoms with E-state index >= 15 is 0 Å². The number of rotatable bonds is 7. The number of nitrogens with one attached hydrogen (secondary N) is 1. The lowest BCUT2D eigenvalue weighted by molar-refractivity contribution is -0.125. The van der Waals surface area contributed by atoms with Gasteiger partial charge in [-0.25, -0.2) is 0 Å². The molecule has 0 bridgehead atoms. The van der Waals surface area contributed by atoms with Gasteiger partial charge in [0.05, 0.1) is 20.1 Å². The molecule has 2 aliphatic heterocycles. The molecule has 2 aliphatic rings. The summed E-state index contributed by atoms with van der Waals surface area (Å²) in [4.78, 5) is 28.6. The zero-order chi connectivity index (χ0) is 21.8. The minimum atomic E-state index is -0.133. The lowest BCUT2D eigenvalue weighted by Crippen LogP contribution is -2.43. The van der Waals surface area contributed by atoms with Crippen molar-refractivity contribution in [2.24, 2.45) is 5.92 Å². The first-order chi connectivity index (χ1) is 15.1. The highest BCUT2D eigenvalue weighted by Crippen LogP contribution is 2.32. The Morgan fingerprint density at radius 3 is 2.77 bits per heavy atom. The van der Waals surface area contributed by atoms with Crippen molar-refractivity contribution in [2.75, 3.05) is 43.7 Å². The minimum absolute atomic E-state index is 0.00836. The molecule has 2 fully saturated rings. The SMILES string of the molecule is COc1ccc(OC)c(CNC(=O)[C@H]2CCCN(c3nnc(N4CCCC4=O)s3)C2)c1. The Morgan fingerprint density at radius 1 is 1.19 bits per heavy atom. The van der Waals surface area contributed by atoms with E-state index < -0.39 is 0 Å². The fraction of sp³-hybridized carbons (Fsp3) is 0.524. The number of piperidine rings is 1. The largest absolute Gasteiger partial charge is 0.497 e. The molecule has 2 amide bonds.